The molecule has 1 amide bonds. The summed E-state index contributed by atoms with van der Waals surface area (Å²) in [5.41, 5.74) is 0. The summed E-state index contributed by atoms with van der Waals surface area (Å²) in [5, 5.41) is 9.29. The van der Waals surface area contributed by atoms with Crippen LogP contribution in [0.4, 0.5) is 0 Å². The zero-order valence-corrected chi connectivity index (χ0v) is 13.2. The highest BCUT2D eigenvalue weighted by atomic mass is 16.1. The third-order valence-corrected chi connectivity index (χ3v) is 2.73. The number of hydrogen-bond donors (Lipinski definition) is 3. The summed E-state index contributed by atoms with van der Waals surface area (Å²) in [6, 6.07) is 4.19. The first-order chi connectivity index (χ1) is 10.1. The summed E-state index contributed by atoms with van der Waals surface area (Å²) < 4.78 is 2.10. The first-order valence-corrected chi connectivity index (χ1v) is 7.54. The highest BCUT2D eigenvalue weighted by molar-refractivity contribution is 5.80. The highest BCUT2D eigenvalue weighted by Gasteiger charge is 2.03. The van der Waals surface area contributed by atoms with Crippen molar-refractivity contribution in [3.63, 3.8) is 0 Å². The van der Waals surface area contributed by atoms with E-state index < -0.39 is 0 Å². The second-order valence-corrected chi connectivity index (χ2v) is 5.08. The Bertz CT molecular complexity index is 425. The minimum absolute atomic E-state index is 0.0388. The van der Waals surface area contributed by atoms with Gasteiger partial charge in [0.15, 0.2) is 5.96 Å². The SMILES string of the molecule is CCNC(=NCCC(=O)NC(C)C)NCCn1cccc1. The van der Waals surface area contributed by atoms with Crippen LogP contribution in [0.2, 0.25) is 0 Å². The lowest BCUT2D eigenvalue weighted by molar-refractivity contribution is -0.121. The van der Waals surface area contributed by atoms with E-state index >= 15 is 0 Å². The van der Waals surface area contributed by atoms with E-state index in [1.165, 1.54) is 0 Å². The molecule has 0 aliphatic heterocycles. The van der Waals surface area contributed by atoms with Crippen molar-refractivity contribution < 1.29 is 4.79 Å². The van der Waals surface area contributed by atoms with Gasteiger partial charge in [0.1, 0.15) is 0 Å². The van der Waals surface area contributed by atoms with Gasteiger partial charge < -0.3 is 20.5 Å². The first kappa shape index (κ1) is 17.1. The molecule has 0 spiro atoms. The number of carbonyl (C=O) groups excluding carboxylic acids is 1. The summed E-state index contributed by atoms with van der Waals surface area (Å²) >= 11 is 0. The van der Waals surface area contributed by atoms with Crippen molar-refractivity contribution in [2.75, 3.05) is 19.6 Å². The second kappa shape index (κ2) is 9.85. The topological polar surface area (TPSA) is 70.4 Å². The highest BCUT2D eigenvalue weighted by Crippen LogP contribution is 1.89. The van der Waals surface area contributed by atoms with Gasteiger partial charge in [-0.2, -0.15) is 0 Å². The predicted octanol–water partition coefficient (Wildman–Crippen LogP) is 0.958. The Morgan fingerprint density at radius 1 is 1.24 bits per heavy atom. The van der Waals surface area contributed by atoms with Crippen LogP contribution in [0.25, 0.3) is 0 Å². The maximum atomic E-state index is 11.5. The van der Waals surface area contributed by atoms with E-state index in [1.807, 2.05) is 45.3 Å². The molecule has 0 radical (unpaired) electrons. The number of carbonyl (C=O) groups is 1. The molecule has 0 saturated heterocycles. The van der Waals surface area contributed by atoms with Crippen LogP contribution < -0.4 is 16.0 Å². The third-order valence-electron chi connectivity index (χ3n) is 2.73. The summed E-state index contributed by atoms with van der Waals surface area (Å²) in [6.07, 6.45) is 4.47. The Labute approximate surface area is 127 Å². The van der Waals surface area contributed by atoms with Crippen molar-refractivity contribution in [3.8, 4) is 0 Å². The van der Waals surface area contributed by atoms with Gasteiger partial charge in [0, 0.05) is 44.5 Å². The van der Waals surface area contributed by atoms with Crippen LogP contribution in [-0.2, 0) is 11.3 Å². The van der Waals surface area contributed by atoms with Gasteiger partial charge in [-0.3, -0.25) is 9.79 Å². The molecule has 118 valence electrons. The largest absolute Gasteiger partial charge is 0.357 e. The maximum Gasteiger partial charge on any atom is 0.222 e. The fourth-order valence-electron chi connectivity index (χ4n) is 1.83. The Morgan fingerprint density at radius 2 is 1.95 bits per heavy atom. The normalized spacial score (nSPS) is 11.5. The van der Waals surface area contributed by atoms with E-state index in [0.717, 1.165) is 25.6 Å². The van der Waals surface area contributed by atoms with E-state index in [2.05, 4.69) is 25.5 Å². The van der Waals surface area contributed by atoms with Gasteiger partial charge in [-0.05, 0) is 32.9 Å². The van der Waals surface area contributed by atoms with Crippen LogP contribution in [0.15, 0.2) is 29.5 Å². The lowest BCUT2D eigenvalue weighted by Crippen LogP contribution is -2.39. The zero-order chi connectivity index (χ0) is 15.5. The molecule has 0 bridgehead atoms. The molecular formula is C15H27N5O. The average molecular weight is 293 g/mol. The zero-order valence-electron chi connectivity index (χ0n) is 13.2. The molecule has 0 aromatic carbocycles. The minimum Gasteiger partial charge on any atom is -0.357 e. The smallest absolute Gasteiger partial charge is 0.222 e. The van der Waals surface area contributed by atoms with E-state index in [0.29, 0.717) is 13.0 Å². The van der Waals surface area contributed by atoms with Crippen LogP contribution in [0.3, 0.4) is 0 Å². The van der Waals surface area contributed by atoms with Crippen molar-refractivity contribution >= 4 is 11.9 Å². The summed E-state index contributed by atoms with van der Waals surface area (Å²) in [4.78, 5) is 15.9. The molecule has 1 heterocycles. The Morgan fingerprint density at radius 3 is 2.57 bits per heavy atom. The van der Waals surface area contributed by atoms with Gasteiger partial charge in [-0.15, -0.1) is 0 Å². The van der Waals surface area contributed by atoms with Crippen LogP contribution in [0, 0.1) is 0 Å². The number of nitrogens with zero attached hydrogens (tertiary/aromatic N) is 2. The van der Waals surface area contributed by atoms with Gasteiger partial charge in [-0.1, -0.05) is 0 Å². The molecule has 6 nitrogen and oxygen atoms in total. The predicted molar refractivity (Wildman–Crippen MR) is 86.3 cm³/mol. The van der Waals surface area contributed by atoms with Crippen LogP contribution in [0.5, 0.6) is 0 Å². The summed E-state index contributed by atoms with van der Waals surface area (Å²) in [7, 11) is 0. The maximum absolute atomic E-state index is 11.5. The molecule has 0 aliphatic rings. The molecule has 0 atom stereocenters. The third kappa shape index (κ3) is 8.02. The molecule has 0 unspecified atom stereocenters. The van der Waals surface area contributed by atoms with E-state index in [1.54, 1.807) is 0 Å². The number of rotatable bonds is 8. The average Bonchev–Trinajstić information content (AvgIpc) is 2.91. The molecule has 6 heteroatoms. The van der Waals surface area contributed by atoms with Crippen molar-refractivity contribution in [2.45, 2.75) is 39.8 Å². The number of guanidine groups is 1. The van der Waals surface area contributed by atoms with Gasteiger partial charge in [-0.25, -0.2) is 0 Å². The van der Waals surface area contributed by atoms with Crippen LogP contribution in [-0.4, -0.2) is 42.1 Å². The van der Waals surface area contributed by atoms with Crippen molar-refractivity contribution in [1.82, 2.24) is 20.5 Å². The standard InChI is InChI=1S/C15H27N5O/c1-4-16-15(17-8-7-14(21)19-13(2)3)18-9-12-20-10-5-6-11-20/h5-6,10-11,13H,4,7-9,12H2,1-3H3,(H,19,21)(H2,16,17,18). The van der Waals surface area contributed by atoms with Crippen molar-refractivity contribution in [3.05, 3.63) is 24.5 Å². The van der Waals surface area contributed by atoms with E-state index in [-0.39, 0.29) is 11.9 Å². The molecule has 0 aliphatic carbocycles. The minimum atomic E-state index is 0.0388. The molecule has 0 fully saturated rings. The quantitative estimate of drug-likeness (QED) is 0.494. The molecular weight excluding hydrogens is 266 g/mol. The molecule has 21 heavy (non-hydrogen) atoms. The van der Waals surface area contributed by atoms with Crippen LogP contribution >= 0.6 is 0 Å². The van der Waals surface area contributed by atoms with E-state index in [9.17, 15) is 4.79 Å². The molecule has 1 aromatic rings. The number of aliphatic imine (C=N–C) groups is 1. The first-order valence-electron chi connectivity index (χ1n) is 7.54. The van der Waals surface area contributed by atoms with Gasteiger partial charge in [0.25, 0.3) is 0 Å². The lowest BCUT2D eigenvalue weighted by Gasteiger charge is -2.12. The molecule has 3 N–H and O–H groups in total. The fraction of sp³-hybridized carbons (Fsp3) is 0.600. The molecule has 1 rings (SSSR count). The molecule has 1 aromatic heterocycles. The second-order valence-electron chi connectivity index (χ2n) is 5.08. The summed E-state index contributed by atoms with van der Waals surface area (Å²) in [6.45, 7) is 8.88. The number of aromatic nitrogens is 1. The fourth-order valence-corrected chi connectivity index (χ4v) is 1.83. The number of nitrogens with one attached hydrogen (secondary N) is 3. The van der Waals surface area contributed by atoms with Crippen molar-refractivity contribution in [2.24, 2.45) is 4.99 Å². The lowest BCUT2D eigenvalue weighted by atomic mass is 10.3. The van der Waals surface area contributed by atoms with Gasteiger partial charge >= 0.3 is 0 Å². The Kier molecular flexibility index (Phi) is 8.01. The van der Waals surface area contributed by atoms with Gasteiger partial charge in [0.05, 0.1) is 6.54 Å². The van der Waals surface area contributed by atoms with Gasteiger partial charge in [0.2, 0.25) is 5.91 Å². The van der Waals surface area contributed by atoms with E-state index in [4.69, 9.17) is 0 Å². The Balaban J connectivity index is 2.30. The molecule has 0 saturated carbocycles. The number of hydrogen-bond acceptors (Lipinski definition) is 2. The Hall–Kier alpha value is -1.98. The van der Waals surface area contributed by atoms with Crippen LogP contribution in [0.1, 0.15) is 27.2 Å². The number of amides is 1. The monoisotopic (exact) mass is 293 g/mol. The summed E-state index contributed by atoms with van der Waals surface area (Å²) in [5.74, 6) is 0.791. The van der Waals surface area contributed by atoms with Crippen molar-refractivity contribution in [1.29, 1.82) is 0 Å².